The van der Waals surface area contributed by atoms with E-state index >= 15 is 0 Å². The van der Waals surface area contributed by atoms with E-state index in [-0.39, 0.29) is 30.1 Å². The summed E-state index contributed by atoms with van der Waals surface area (Å²) in [5.74, 6) is -1.65. The largest absolute Gasteiger partial charge is 0.337 e. The van der Waals surface area contributed by atoms with Crippen LogP contribution in [-0.4, -0.2) is 49.7 Å². The standard InChI is InChI=1S/C19H20F2N2O3S/c1-14-7-8-15(13-18(14)21)27(25,26)23-10-4-9-22(11-12-23)19(24)16-5-2-3-6-17(16)20/h2-3,5-8,13H,4,9-12H2,1H3. The molecule has 3 rings (SSSR count). The number of nitrogens with zero attached hydrogens (tertiary/aromatic N) is 2. The quantitative estimate of drug-likeness (QED) is 0.804. The second kappa shape index (κ2) is 7.74. The van der Waals surface area contributed by atoms with E-state index in [1.807, 2.05) is 0 Å². The van der Waals surface area contributed by atoms with Crippen molar-refractivity contribution in [1.29, 1.82) is 0 Å². The SMILES string of the molecule is Cc1ccc(S(=O)(=O)N2CCCN(C(=O)c3ccccc3F)CC2)cc1F. The minimum atomic E-state index is -3.87. The van der Waals surface area contributed by atoms with Gasteiger partial charge < -0.3 is 4.90 Å². The number of hydrogen-bond acceptors (Lipinski definition) is 3. The molecule has 0 atom stereocenters. The second-order valence-corrected chi connectivity index (χ2v) is 8.38. The van der Waals surface area contributed by atoms with Crippen LogP contribution in [0.1, 0.15) is 22.3 Å². The summed E-state index contributed by atoms with van der Waals surface area (Å²) in [6.45, 7) is 2.29. The predicted molar refractivity (Wildman–Crippen MR) is 96.8 cm³/mol. The average molecular weight is 394 g/mol. The Hall–Kier alpha value is -2.32. The highest BCUT2D eigenvalue weighted by atomic mass is 32.2. The van der Waals surface area contributed by atoms with Gasteiger partial charge in [-0.3, -0.25) is 4.79 Å². The summed E-state index contributed by atoms with van der Waals surface area (Å²) < 4.78 is 54.5. The van der Waals surface area contributed by atoms with Crippen molar-refractivity contribution in [2.45, 2.75) is 18.2 Å². The third-order valence-electron chi connectivity index (χ3n) is 4.63. The highest BCUT2D eigenvalue weighted by Crippen LogP contribution is 2.21. The fourth-order valence-corrected chi connectivity index (χ4v) is 4.51. The van der Waals surface area contributed by atoms with Crippen LogP contribution in [0, 0.1) is 18.6 Å². The molecule has 144 valence electrons. The molecule has 27 heavy (non-hydrogen) atoms. The molecule has 1 fully saturated rings. The van der Waals surface area contributed by atoms with E-state index in [1.165, 1.54) is 39.5 Å². The first-order chi connectivity index (χ1) is 12.8. The lowest BCUT2D eigenvalue weighted by Crippen LogP contribution is -2.37. The van der Waals surface area contributed by atoms with Crippen LogP contribution in [0.25, 0.3) is 0 Å². The lowest BCUT2D eigenvalue weighted by molar-refractivity contribution is 0.0759. The number of halogens is 2. The van der Waals surface area contributed by atoms with E-state index in [0.717, 1.165) is 6.07 Å². The Balaban J connectivity index is 1.77. The Kier molecular flexibility index (Phi) is 5.57. The third kappa shape index (κ3) is 4.01. The van der Waals surface area contributed by atoms with Crippen LogP contribution in [0.3, 0.4) is 0 Å². The Morgan fingerprint density at radius 2 is 1.70 bits per heavy atom. The van der Waals surface area contributed by atoms with Crippen LogP contribution < -0.4 is 0 Å². The second-order valence-electron chi connectivity index (χ2n) is 6.44. The van der Waals surface area contributed by atoms with Crippen molar-refractivity contribution >= 4 is 15.9 Å². The summed E-state index contributed by atoms with van der Waals surface area (Å²) in [5.41, 5.74) is 0.334. The molecule has 2 aromatic rings. The van der Waals surface area contributed by atoms with Crippen LogP contribution in [-0.2, 0) is 10.0 Å². The Labute approximate surface area is 157 Å². The van der Waals surface area contributed by atoms with Crippen LogP contribution in [0.2, 0.25) is 0 Å². The summed E-state index contributed by atoms with van der Waals surface area (Å²) in [7, 11) is -3.87. The van der Waals surface area contributed by atoms with E-state index < -0.39 is 27.6 Å². The van der Waals surface area contributed by atoms with Crippen LogP contribution in [0.4, 0.5) is 8.78 Å². The number of hydrogen-bond donors (Lipinski definition) is 0. The van der Waals surface area contributed by atoms with Crippen molar-refractivity contribution in [3.63, 3.8) is 0 Å². The zero-order chi connectivity index (χ0) is 19.6. The van der Waals surface area contributed by atoms with Gasteiger partial charge in [0.1, 0.15) is 11.6 Å². The molecule has 8 heteroatoms. The number of benzene rings is 2. The summed E-state index contributed by atoms with van der Waals surface area (Å²) in [6, 6.07) is 9.52. The molecule has 1 aliphatic rings. The monoisotopic (exact) mass is 394 g/mol. The first-order valence-corrected chi connectivity index (χ1v) is 10.0. The van der Waals surface area contributed by atoms with Crippen molar-refractivity contribution in [3.05, 3.63) is 65.2 Å². The fraction of sp³-hybridized carbons (Fsp3) is 0.316. The third-order valence-corrected chi connectivity index (χ3v) is 6.52. The molecule has 2 aromatic carbocycles. The van der Waals surface area contributed by atoms with Gasteiger partial charge in [-0.05, 0) is 43.2 Å². The average Bonchev–Trinajstić information content (AvgIpc) is 2.90. The van der Waals surface area contributed by atoms with Crippen LogP contribution in [0.15, 0.2) is 47.4 Å². The lowest BCUT2D eigenvalue weighted by atomic mass is 10.2. The van der Waals surface area contributed by atoms with Crippen molar-refractivity contribution in [3.8, 4) is 0 Å². The molecule has 0 aromatic heterocycles. The van der Waals surface area contributed by atoms with E-state index in [2.05, 4.69) is 0 Å². The number of amides is 1. The molecule has 1 amide bonds. The molecule has 5 nitrogen and oxygen atoms in total. The van der Waals surface area contributed by atoms with Gasteiger partial charge in [-0.15, -0.1) is 0 Å². The minimum Gasteiger partial charge on any atom is -0.337 e. The molecule has 0 bridgehead atoms. The first-order valence-electron chi connectivity index (χ1n) is 8.61. The molecule has 0 spiro atoms. The van der Waals surface area contributed by atoms with E-state index in [9.17, 15) is 22.0 Å². The van der Waals surface area contributed by atoms with Gasteiger partial charge in [0.2, 0.25) is 10.0 Å². The molecular formula is C19H20F2N2O3S. The normalized spacial score (nSPS) is 16.2. The molecule has 1 saturated heterocycles. The topological polar surface area (TPSA) is 57.7 Å². The van der Waals surface area contributed by atoms with E-state index in [1.54, 1.807) is 13.0 Å². The fourth-order valence-electron chi connectivity index (χ4n) is 3.03. The molecule has 1 aliphatic heterocycles. The maximum atomic E-state index is 13.9. The van der Waals surface area contributed by atoms with Gasteiger partial charge in [-0.1, -0.05) is 18.2 Å². The minimum absolute atomic E-state index is 0.0330. The summed E-state index contributed by atoms with van der Waals surface area (Å²) >= 11 is 0. The van der Waals surface area contributed by atoms with Crippen molar-refractivity contribution in [2.75, 3.05) is 26.2 Å². The number of carbonyl (C=O) groups excluding carboxylic acids is 1. The van der Waals surface area contributed by atoms with E-state index in [4.69, 9.17) is 0 Å². The van der Waals surface area contributed by atoms with E-state index in [0.29, 0.717) is 18.5 Å². The molecule has 0 radical (unpaired) electrons. The van der Waals surface area contributed by atoms with Crippen LogP contribution in [0.5, 0.6) is 0 Å². The zero-order valence-electron chi connectivity index (χ0n) is 14.9. The van der Waals surface area contributed by atoms with Gasteiger partial charge >= 0.3 is 0 Å². The predicted octanol–water partition coefficient (Wildman–Crippen LogP) is 2.81. The molecule has 1 heterocycles. The van der Waals surface area contributed by atoms with Gasteiger partial charge in [-0.25, -0.2) is 17.2 Å². The highest BCUT2D eigenvalue weighted by molar-refractivity contribution is 7.89. The number of sulfonamides is 1. The van der Waals surface area contributed by atoms with Gasteiger partial charge in [0.25, 0.3) is 5.91 Å². The van der Waals surface area contributed by atoms with Crippen LogP contribution >= 0.6 is 0 Å². The smallest absolute Gasteiger partial charge is 0.256 e. The summed E-state index contributed by atoms with van der Waals surface area (Å²) in [5, 5.41) is 0. The van der Waals surface area contributed by atoms with Gasteiger partial charge in [0, 0.05) is 26.2 Å². The number of rotatable bonds is 3. The molecule has 0 N–H and O–H groups in total. The highest BCUT2D eigenvalue weighted by Gasteiger charge is 2.29. The maximum Gasteiger partial charge on any atom is 0.256 e. The van der Waals surface area contributed by atoms with Gasteiger partial charge in [0.15, 0.2) is 0 Å². The van der Waals surface area contributed by atoms with Crippen molar-refractivity contribution in [1.82, 2.24) is 9.21 Å². The molecule has 0 unspecified atom stereocenters. The molecule has 0 aliphatic carbocycles. The van der Waals surface area contributed by atoms with Gasteiger partial charge in [-0.2, -0.15) is 4.31 Å². The zero-order valence-corrected chi connectivity index (χ0v) is 15.7. The molecule has 0 saturated carbocycles. The van der Waals surface area contributed by atoms with Crippen molar-refractivity contribution in [2.24, 2.45) is 0 Å². The lowest BCUT2D eigenvalue weighted by Gasteiger charge is -2.22. The van der Waals surface area contributed by atoms with Gasteiger partial charge in [0.05, 0.1) is 10.5 Å². The Bertz CT molecular complexity index is 963. The summed E-state index contributed by atoms with van der Waals surface area (Å²) in [4.78, 5) is 13.9. The van der Waals surface area contributed by atoms with Crippen molar-refractivity contribution < 1.29 is 22.0 Å². The Morgan fingerprint density at radius 3 is 2.41 bits per heavy atom. The first kappa shape index (κ1) is 19.4. The number of carbonyl (C=O) groups is 1. The number of aryl methyl sites for hydroxylation is 1. The summed E-state index contributed by atoms with van der Waals surface area (Å²) in [6.07, 6.45) is 0.410. The Morgan fingerprint density at radius 1 is 0.963 bits per heavy atom. The maximum absolute atomic E-state index is 13.9. The molecular weight excluding hydrogens is 374 g/mol.